The van der Waals surface area contributed by atoms with Crippen LogP contribution in [0.4, 0.5) is 13.2 Å². The second kappa shape index (κ2) is 8.08. The lowest BCUT2D eigenvalue weighted by Gasteiger charge is -2.32. The maximum absolute atomic E-state index is 14.0. The first-order valence-electron chi connectivity index (χ1n) is 9.02. The third kappa shape index (κ3) is 4.15. The highest BCUT2D eigenvalue weighted by Gasteiger charge is 2.57. The Bertz CT molecular complexity index is 842. The number of carbonyl (C=O) groups is 1. The van der Waals surface area contributed by atoms with Gasteiger partial charge in [-0.25, -0.2) is 9.78 Å². The fourth-order valence-corrected chi connectivity index (χ4v) is 4.26. The van der Waals surface area contributed by atoms with Gasteiger partial charge in [-0.1, -0.05) is 12.1 Å². The number of nitrogens with zero attached hydrogens (tertiary/aromatic N) is 2. The molecule has 2 heterocycles. The smallest absolute Gasteiger partial charge is 0.424 e. The molecule has 152 valence electrons. The van der Waals surface area contributed by atoms with Crippen LogP contribution in [0.25, 0.3) is 10.2 Å². The number of carbonyl (C=O) groups excluding carboxylic acids is 1. The molecule has 0 aliphatic carbocycles. The zero-order valence-electron chi connectivity index (χ0n) is 15.3. The molecule has 5 nitrogen and oxygen atoms in total. The number of alkyl halides is 3. The number of aromatic nitrogens is 1. The van der Waals surface area contributed by atoms with Crippen LogP contribution in [0.1, 0.15) is 31.2 Å². The molecule has 1 saturated heterocycles. The lowest BCUT2D eigenvalue weighted by atomic mass is 9.96. The van der Waals surface area contributed by atoms with Gasteiger partial charge in [0.15, 0.2) is 0 Å². The maximum atomic E-state index is 14.0. The average Bonchev–Trinajstić information content (AvgIpc) is 3.30. The van der Waals surface area contributed by atoms with Crippen molar-refractivity contribution in [1.82, 2.24) is 9.88 Å². The molecular weight excluding hydrogens is 393 g/mol. The number of hydrogen-bond acceptors (Lipinski definition) is 6. The van der Waals surface area contributed by atoms with Crippen LogP contribution in [0, 0.1) is 0 Å². The Kier molecular flexibility index (Phi) is 5.95. The van der Waals surface area contributed by atoms with E-state index in [-0.39, 0.29) is 12.3 Å². The van der Waals surface area contributed by atoms with Gasteiger partial charge in [0.2, 0.25) is 5.60 Å². The van der Waals surface area contributed by atoms with Gasteiger partial charge >= 0.3 is 12.1 Å². The summed E-state index contributed by atoms with van der Waals surface area (Å²) in [6.45, 7) is 2.79. The number of ether oxygens (including phenoxy) is 1. The molecule has 0 saturated carbocycles. The predicted octanol–water partition coefficient (Wildman–Crippen LogP) is 3.98. The van der Waals surface area contributed by atoms with Gasteiger partial charge in [-0.2, -0.15) is 13.2 Å². The number of para-hydroxylation sites is 1. The summed E-state index contributed by atoms with van der Waals surface area (Å²) in [6, 6.07) is 6.63. The molecule has 1 unspecified atom stereocenters. The van der Waals surface area contributed by atoms with E-state index in [2.05, 4.69) is 4.98 Å². The van der Waals surface area contributed by atoms with Crippen LogP contribution in [0.2, 0.25) is 0 Å². The van der Waals surface area contributed by atoms with Gasteiger partial charge in [-0.3, -0.25) is 0 Å². The fourth-order valence-electron chi connectivity index (χ4n) is 3.19. The number of likely N-dealkylation sites (tertiary alicyclic amines) is 1. The van der Waals surface area contributed by atoms with Crippen LogP contribution >= 0.6 is 11.3 Å². The van der Waals surface area contributed by atoms with Crippen molar-refractivity contribution >= 4 is 27.5 Å². The van der Waals surface area contributed by atoms with Gasteiger partial charge in [-0.05, 0) is 31.9 Å². The minimum absolute atomic E-state index is 0.107. The topological polar surface area (TPSA) is 62.7 Å². The summed E-state index contributed by atoms with van der Waals surface area (Å²) in [6.07, 6.45) is -3.08. The Balaban J connectivity index is 2.02. The summed E-state index contributed by atoms with van der Waals surface area (Å²) in [5, 5.41) is 10.4. The first-order valence-corrected chi connectivity index (χ1v) is 9.83. The zero-order chi connectivity index (χ0) is 20.4. The van der Waals surface area contributed by atoms with Gasteiger partial charge < -0.3 is 14.7 Å². The largest absolute Gasteiger partial charge is 0.463 e. The molecule has 1 atom stereocenters. The monoisotopic (exact) mass is 414 g/mol. The van der Waals surface area contributed by atoms with E-state index in [1.807, 2.05) is 0 Å². The zero-order valence-corrected chi connectivity index (χ0v) is 16.1. The SMILES string of the molecule is CCOC(=O)C=C(CC(O)(c1nc2ccccc2s1)C(F)(F)F)N1CCCC1. The number of aliphatic hydroxyl groups is 1. The predicted molar refractivity (Wildman–Crippen MR) is 99.7 cm³/mol. The summed E-state index contributed by atoms with van der Waals surface area (Å²) >= 11 is 0.802. The molecule has 0 spiro atoms. The molecule has 0 radical (unpaired) electrons. The van der Waals surface area contributed by atoms with Crippen molar-refractivity contribution in [2.75, 3.05) is 19.7 Å². The van der Waals surface area contributed by atoms with E-state index < -0.39 is 29.2 Å². The van der Waals surface area contributed by atoms with Crippen LogP contribution in [0.3, 0.4) is 0 Å². The fraction of sp³-hybridized carbons (Fsp3) is 0.474. The molecule has 1 N–H and O–H groups in total. The number of benzene rings is 1. The van der Waals surface area contributed by atoms with Crippen LogP contribution in [-0.2, 0) is 15.1 Å². The Morgan fingerprint density at radius 2 is 2.00 bits per heavy atom. The number of thiazole rings is 1. The van der Waals surface area contributed by atoms with Gasteiger partial charge in [0.25, 0.3) is 0 Å². The Morgan fingerprint density at radius 3 is 2.61 bits per heavy atom. The van der Waals surface area contributed by atoms with Crippen LogP contribution in [-0.4, -0.2) is 46.8 Å². The molecule has 1 aliphatic rings. The normalized spacial score (nSPS) is 17.8. The highest BCUT2D eigenvalue weighted by atomic mass is 32.1. The van der Waals surface area contributed by atoms with Crippen molar-refractivity contribution in [1.29, 1.82) is 0 Å². The van der Waals surface area contributed by atoms with E-state index in [0.29, 0.717) is 23.3 Å². The molecule has 3 rings (SSSR count). The number of rotatable bonds is 6. The average molecular weight is 414 g/mol. The van der Waals surface area contributed by atoms with Crippen LogP contribution in [0.15, 0.2) is 36.0 Å². The van der Waals surface area contributed by atoms with E-state index in [0.717, 1.165) is 30.3 Å². The quantitative estimate of drug-likeness (QED) is 0.572. The number of halogens is 3. The Labute approximate surface area is 164 Å². The second-order valence-electron chi connectivity index (χ2n) is 6.60. The van der Waals surface area contributed by atoms with Gasteiger partial charge in [-0.15, -0.1) is 11.3 Å². The molecule has 1 aromatic heterocycles. The third-order valence-corrected chi connectivity index (χ3v) is 5.82. The minimum atomic E-state index is -4.96. The number of hydrogen-bond donors (Lipinski definition) is 1. The van der Waals surface area contributed by atoms with E-state index >= 15 is 0 Å². The highest BCUT2D eigenvalue weighted by molar-refractivity contribution is 7.18. The molecule has 28 heavy (non-hydrogen) atoms. The van der Waals surface area contributed by atoms with E-state index in [1.54, 1.807) is 36.1 Å². The number of fused-ring (bicyclic) bond motifs is 1. The van der Waals surface area contributed by atoms with Crippen molar-refractivity contribution in [3.63, 3.8) is 0 Å². The summed E-state index contributed by atoms with van der Waals surface area (Å²) < 4.78 is 47.4. The second-order valence-corrected chi connectivity index (χ2v) is 7.63. The van der Waals surface area contributed by atoms with Crippen molar-refractivity contribution < 1.29 is 27.8 Å². The maximum Gasteiger partial charge on any atom is 0.424 e. The molecule has 0 bridgehead atoms. The van der Waals surface area contributed by atoms with Gasteiger partial charge in [0.05, 0.1) is 16.8 Å². The number of esters is 1. The summed E-state index contributed by atoms with van der Waals surface area (Å²) in [4.78, 5) is 17.7. The first kappa shape index (κ1) is 20.6. The van der Waals surface area contributed by atoms with E-state index in [9.17, 15) is 23.1 Å². The van der Waals surface area contributed by atoms with E-state index in [4.69, 9.17) is 4.74 Å². The van der Waals surface area contributed by atoms with Crippen molar-refractivity contribution in [3.8, 4) is 0 Å². The minimum Gasteiger partial charge on any atom is -0.463 e. The standard InChI is InChI=1S/C19H21F3N2O3S/c1-2-27-16(25)11-13(24-9-5-6-10-24)12-18(26,19(20,21)22)17-23-14-7-3-4-8-15(14)28-17/h3-4,7-8,11,26H,2,5-6,9-10,12H2,1H3. The van der Waals surface area contributed by atoms with Gasteiger partial charge in [0, 0.05) is 31.3 Å². The molecule has 0 amide bonds. The van der Waals surface area contributed by atoms with Crippen LogP contribution < -0.4 is 0 Å². The van der Waals surface area contributed by atoms with Crippen LogP contribution in [0.5, 0.6) is 0 Å². The summed E-state index contributed by atoms with van der Waals surface area (Å²) in [7, 11) is 0. The van der Waals surface area contributed by atoms with Gasteiger partial charge in [0.1, 0.15) is 5.01 Å². The Hall–Kier alpha value is -2.13. The Morgan fingerprint density at radius 1 is 1.32 bits per heavy atom. The first-order chi connectivity index (χ1) is 13.2. The lowest BCUT2D eigenvalue weighted by molar-refractivity contribution is -0.267. The molecule has 9 heteroatoms. The van der Waals surface area contributed by atoms with Crippen molar-refractivity contribution in [3.05, 3.63) is 41.0 Å². The third-order valence-electron chi connectivity index (χ3n) is 4.64. The molecule has 1 aromatic carbocycles. The highest BCUT2D eigenvalue weighted by Crippen LogP contribution is 2.46. The van der Waals surface area contributed by atoms with Crippen molar-refractivity contribution in [2.45, 2.75) is 38.0 Å². The lowest BCUT2D eigenvalue weighted by Crippen LogP contribution is -2.44. The summed E-state index contributed by atoms with van der Waals surface area (Å²) in [5.74, 6) is -0.724. The summed E-state index contributed by atoms with van der Waals surface area (Å²) in [5.41, 5.74) is -2.70. The van der Waals surface area contributed by atoms with E-state index in [1.165, 1.54) is 0 Å². The molecular formula is C19H21F3N2O3S. The molecule has 2 aromatic rings. The molecule has 1 aliphatic heterocycles. The van der Waals surface area contributed by atoms with Crippen molar-refractivity contribution in [2.24, 2.45) is 0 Å². The molecule has 1 fully saturated rings.